The van der Waals surface area contributed by atoms with E-state index in [0.717, 1.165) is 6.07 Å². The highest BCUT2D eigenvalue weighted by molar-refractivity contribution is 5.81. The first-order valence-corrected chi connectivity index (χ1v) is 5.66. The Morgan fingerprint density at radius 3 is 2.26 bits per heavy atom. The average Bonchev–Trinajstić information content (AvgIpc) is 2.24. The maximum absolute atomic E-state index is 13.0. The van der Waals surface area contributed by atoms with Crippen LogP contribution in [0.25, 0.3) is 0 Å². The van der Waals surface area contributed by atoms with Crippen molar-refractivity contribution in [2.24, 2.45) is 5.41 Å². The minimum Gasteiger partial charge on any atom is -0.352 e. The van der Waals surface area contributed by atoms with E-state index in [1.54, 1.807) is 20.8 Å². The molecule has 1 rings (SSSR count). The average molecular weight is 277 g/mol. The molecule has 0 aliphatic heterocycles. The molecule has 6 heteroatoms. The number of benzene rings is 1. The molecule has 0 aliphatic rings. The fourth-order valence-corrected chi connectivity index (χ4v) is 1.35. The Balaban J connectivity index is 2.85. The van der Waals surface area contributed by atoms with Crippen LogP contribution in [-0.4, -0.2) is 5.91 Å². The Morgan fingerprint density at radius 2 is 1.79 bits per heavy atom. The molecule has 0 unspecified atom stereocenters. The first kappa shape index (κ1) is 15.5. The van der Waals surface area contributed by atoms with Gasteiger partial charge in [0, 0.05) is 12.0 Å². The molecule has 0 heterocycles. The molecule has 106 valence electrons. The summed E-state index contributed by atoms with van der Waals surface area (Å²) in [5.41, 5.74) is -1.76. The molecular weight excluding hydrogens is 262 g/mol. The lowest BCUT2D eigenvalue weighted by Crippen LogP contribution is -2.34. The zero-order valence-corrected chi connectivity index (χ0v) is 10.9. The quantitative estimate of drug-likeness (QED) is 0.823. The lowest BCUT2D eigenvalue weighted by molar-refractivity contribution is -0.140. The van der Waals surface area contributed by atoms with Crippen LogP contribution in [0.1, 0.15) is 31.9 Å². The fourth-order valence-electron chi connectivity index (χ4n) is 1.35. The van der Waals surface area contributed by atoms with Crippen LogP contribution in [0.5, 0.6) is 0 Å². The van der Waals surface area contributed by atoms with Crippen molar-refractivity contribution in [1.82, 2.24) is 5.32 Å². The van der Waals surface area contributed by atoms with Crippen LogP contribution >= 0.6 is 0 Å². The van der Waals surface area contributed by atoms with Gasteiger partial charge in [-0.15, -0.1) is 0 Å². The minimum absolute atomic E-state index is 0.0700. The van der Waals surface area contributed by atoms with Crippen LogP contribution in [0.3, 0.4) is 0 Å². The molecule has 0 bridgehead atoms. The van der Waals surface area contributed by atoms with Gasteiger partial charge in [-0.05, 0) is 17.7 Å². The maximum atomic E-state index is 13.0. The van der Waals surface area contributed by atoms with Crippen molar-refractivity contribution in [1.29, 1.82) is 0 Å². The summed E-state index contributed by atoms with van der Waals surface area (Å²) in [7, 11) is 0. The van der Waals surface area contributed by atoms with Crippen molar-refractivity contribution in [2.45, 2.75) is 33.5 Å². The fraction of sp³-hybridized carbons (Fsp3) is 0.462. The van der Waals surface area contributed by atoms with E-state index in [-0.39, 0.29) is 18.0 Å². The van der Waals surface area contributed by atoms with Crippen molar-refractivity contribution in [3.05, 3.63) is 35.1 Å². The molecule has 19 heavy (non-hydrogen) atoms. The molecule has 0 saturated carbocycles. The molecule has 0 aliphatic carbocycles. The largest absolute Gasteiger partial charge is 0.419 e. The number of alkyl halides is 3. The summed E-state index contributed by atoms with van der Waals surface area (Å²) in [5, 5.41) is 2.51. The van der Waals surface area contributed by atoms with E-state index in [2.05, 4.69) is 5.32 Å². The van der Waals surface area contributed by atoms with E-state index < -0.39 is 23.0 Å². The molecule has 0 spiro atoms. The third kappa shape index (κ3) is 4.22. The number of nitrogens with one attached hydrogen (secondary N) is 1. The van der Waals surface area contributed by atoms with Crippen LogP contribution in [0.15, 0.2) is 18.2 Å². The van der Waals surface area contributed by atoms with E-state index in [4.69, 9.17) is 0 Å². The lowest BCUT2D eigenvalue weighted by Gasteiger charge is -2.18. The van der Waals surface area contributed by atoms with Crippen molar-refractivity contribution < 1.29 is 22.4 Å². The summed E-state index contributed by atoms with van der Waals surface area (Å²) in [6, 6.07) is 2.67. The van der Waals surface area contributed by atoms with Gasteiger partial charge >= 0.3 is 6.18 Å². The number of hydrogen-bond acceptors (Lipinski definition) is 1. The zero-order chi connectivity index (χ0) is 14.8. The second-order valence-corrected chi connectivity index (χ2v) is 5.24. The summed E-state index contributed by atoms with van der Waals surface area (Å²) in [5.74, 6) is -1.61. The van der Waals surface area contributed by atoms with E-state index in [1.165, 1.54) is 6.07 Å². The van der Waals surface area contributed by atoms with Gasteiger partial charge in [-0.3, -0.25) is 4.79 Å². The maximum Gasteiger partial charge on any atom is 0.419 e. The Kier molecular flexibility index (Phi) is 4.22. The number of carbonyl (C=O) groups is 1. The van der Waals surface area contributed by atoms with Gasteiger partial charge < -0.3 is 5.32 Å². The normalized spacial score (nSPS) is 12.4. The zero-order valence-electron chi connectivity index (χ0n) is 10.9. The van der Waals surface area contributed by atoms with Gasteiger partial charge in [-0.2, -0.15) is 13.2 Å². The second kappa shape index (κ2) is 5.19. The molecule has 0 atom stereocenters. The van der Waals surface area contributed by atoms with Gasteiger partial charge in [0.2, 0.25) is 5.91 Å². The Hall–Kier alpha value is -1.59. The minimum atomic E-state index is -4.74. The van der Waals surface area contributed by atoms with Gasteiger partial charge in [0.1, 0.15) is 5.82 Å². The molecular formula is C13H15F4NO. The number of hydrogen-bond donors (Lipinski definition) is 1. The third-order valence-corrected chi connectivity index (χ3v) is 2.47. The van der Waals surface area contributed by atoms with Crippen LogP contribution in [-0.2, 0) is 17.5 Å². The van der Waals surface area contributed by atoms with E-state index in [9.17, 15) is 22.4 Å². The Labute approximate surface area is 108 Å². The van der Waals surface area contributed by atoms with Gasteiger partial charge in [-0.25, -0.2) is 4.39 Å². The molecule has 0 fully saturated rings. The summed E-state index contributed by atoms with van der Waals surface area (Å²) in [4.78, 5) is 11.6. The number of amides is 1. The highest BCUT2D eigenvalue weighted by Gasteiger charge is 2.34. The topological polar surface area (TPSA) is 29.1 Å². The molecule has 1 aromatic rings. The number of halogens is 4. The molecule has 0 radical (unpaired) electrons. The number of rotatable bonds is 2. The molecule has 0 saturated heterocycles. The van der Waals surface area contributed by atoms with Gasteiger partial charge in [-0.1, -0.05) is 26.8 Å². The van der Waals surface area contributed by atoms with Crippen molar-refractivity contribution >= 4 is 5.91 Å². The van der Waals surface area contributed by atoms with Crippen LogP contribution in [0, 0.1) is 11.2 Å². The second-order valence-electron chi connectivity index (χ2n) is 5.24. The van der Waals surface area contributed by atoms with Crippen molar-refractivity contribution in [3.8, 4) is 0 Å². The predicted molar refractivity (Wildman–Crippen MR) is 62.7 cm³/mol. The summed E-state index contributed by atoms with van der Waals surface area (Å²) < 4.78 is 50.5. The summed E-state index contributed by atoms with van der Waals surface area (Å²) >= 11 is 0. The summed E-state index contributed by atoms with van der Waals surface area (Å²) in [6.45, 7) is 5.00. The molecule has 1 amide bonds. The monoisotopic (exact) mass is 277 g/mol. The van der Waals surface area contributed by atoms with E-state index >= 15 is 0 Å². The molecule has 1 N–H and O–H groups in total. The predicted octanol–water partition coefficient (Wildman–Crippen LogP) is 3.51. The van der Waals surface area contributed by atoms with Crippen molar-refractivity contribution in [2.75, 3.05) is 0 Å². The lowest BCUT2D eigenvalue weighted by atomic mass is 9.95. The smallest absolute Gasteiger partial charge is 0.352 e. The van der Waals surface area contributed by atoms with Crippen LogP contribution in [0.2, 0.25) is 0 Å². The highest BCUT2D eigenvalue weighted by atomic mass is 19.4. The summed E-state index contributed by atoms with van der Waals surface area (Å²) in [6.07, 6.45) is -4.74. The van der Waals surface area contributed by atoms with Gasteiger partial charge in [0.25, 0.3) is 0 Å². The first-order chi connectivity index (χ1) is 8.51. The van der Waals surface area contributed by atoms with Gasteiger partial charge in [0.15, 0.2) is 0 Å². The van der Waals surface area contributed by atoms with Crippen LogP contribution in [0.4, 0.5) is 17.6 Å². The third-order valence-electron chi connectivity index (χ3n) is 2.47. The molecule has 2 nitrogen and oxygen atoms in total. The standard InChI is InChI=1S/C13H15F4NO/c1-12(2,3)11(19)18-7-8-4-5-10(14)9(6-8)13(15,16)17/h4-6H,7H2,1-3H3,(H,18,19). The van der Waals surface area contributed by atoms with Crippen molar-refractivity contribution in [3.63, 3.8) is 0 Å². The first-order valence-electron chi connectivity index (χ1n) is 5.66. The molecule has 1 aromatic carbocycles. The van der Waals surface area contributed by atoms with E-state index in [1.807, 2.05) is 0 Å². The van der Waals surface area contributed by atoms with Crippen LogP contribution < -0.4 is 5.32 Å². The van der Waals surface area contributed by atoms with Gasteiger partial charge in [0.05, 0.1) is 5.56 Å². The number of carbonyl (C=O) groups excluding carboxylic acids is 1. The Morgan fingerprint density at radius 1 is 1.21 bits per heavy atom. The SMILES string of the molecule is CC(C)(C)C(=O)NCc1ccc(F)c(C(F)(F)F)c1. The van der Waals surface area contributed by atoms with E-state index in [0.29, 0.717) is 6.07 Å². The highest BCUT2D eigenvalue weighted by Crippen LogP contribution is 2.31. The Bertz CT molecular complexity index is 475. The molecule has 0 aromatic heterocycles.